The van der Waals surface area contributed by atoms with E-state index in [-0.39, 0.29) is 5.78 Å². The van der Waals surface area contributed by atoms with Gasteiger partial charge in [-0.25, -0.2) is 4.98 Å². The monoisotopic (exact) mass is 401 g/mol. The van der Waals surface area contributed by atoms with Gasteiger partial charge in [-0.15, -0.1) is 0 Å². The summed E-state index contributed by atoms with van der Waals surface area (Å²) >= 11 is 0. The van der Waals surface area contributed by atoms with E-state index < -0.39 is 0 Å². The SMILES string of the molecule is CC.CC(=O)c1cc(Nc2c(C)cc(C)cc2C)nc(Nc2ccc(C#N)cc2)n1. The van der Waals surface area contributed by atoms with Crippen LogP contribution in [0.15, 0.2) is 42.5 Å². The number of aryl methyl sites for hydroxylation is 3. The molecule has 0 saturated heterocycles. The Morgan fingerprint density at radius 2 is 1.53 bits per heavy atom. The maximum Gasteiger partial charge on any atom is 0.229 e. The first kappa shape index (κ1) is 22.6. The molecule has 2 N–H and O–H groups in total. The van der Waals surface area contributed by atoms with Crippen molar-refractivity contribution < 1.29 is 4.79 Å². The molecule has 0 amide bonds. The quantitative estimate of drug-likeness (QED) is 0.510. The van der Waals surface area contributed by atoms with Gasteiger partial charge in [-0.2, -0.15) is 10.2 Å². The summed E-state index contributed by atoms with van der Waals surface area (Å²) < 4.78 is 0. The first-order chi connectivity index (χ1) is 14.4. The molecule has 6 nitrogen and oxygen atoms in total. The molecule has 1 aromatic heterocycles. The lowest BCUT2D eigenvalue weighted by Gasteiger charge is -2.15. The number of hydrogen-bond donors (Lipinski definition) is 2. The predicted molar refractivity (Wildman–Crippen MR) is 122 cm³/mol. The predicted octanol–water partition coefficient (Wildman–Crippen LogP) is 5.99. The van der Waals surface area contributed by atoms with Crippen LogP contribution in [0.1, 0.15) is 53.5 Å². The Bertz CT molecular complexity index is 1060. The molecule has 1 heterocycles. The van der Waals surface area contributed by atoms with E-state index in [1.165, 1.54) is 12.5 Å². The Kier molecular flexibility index (Phi) is 7.65. The van der Waals surface area contributed by atoms with Gasteiger partial charge in [-0.3, -0.25) is 4.79 Å². The highest BCUT2D eigenvalue weighted by Crippen LogP contribution is 2.26. The highest BCUT2D eigenvalue weighted by Gasteiger charge is 2.11. The number of rotatable bonds is 5. The van der Waals surface area contributed by atoms with Crippen molar-refractivity contribution in [3.8, 4) is 6.07 Å². The number of ketones is 1. The van der Waals surface area contributed by atoms with Crippen molar-refractivity contribution in [2.75, 3.05) is 10.6 Å². The van der Waals surface area contributed by atoms with Crippen LogP contribution in [-0.4, -0.2) is 15.8 Å². The normalized spacial score (nSPS) is 9.77. The fraction of sp³-hybridized carbons (Fsp3) is 0.250. The molecule has 0 bridgehead atoms. The van der Waals surface area contributed by atoms with Crippen LogP contribution in [0.3, 0.4) is 0 Å². The molecule has 30 heavy (non-hydrogen) atoms. The zero-order valence-electron chi connectivity index (χ0n) is 18.3. The van der Waals surface area contributed by atoms with Crippen LogP contribution in [0.4, 0.5) is 23.1 Å². The van der Waals surface area contributed by atoms with E-state index in [1.807, 2.05) is 27.7 Å². The van der Waals surface area contributed by atoms with E-state index in [4.69, 9.17) is 5.26 Å². The minimum atomic E-state index is -0.148. The Morgan fingerprint density at radius 1 is 0.933 bits per heavy atom. The summed E-state index contributed by atoms with van der Waals surface area (Å²) in [7, 11) is 0. The van der Waals surface area contributed by atoms with Crippen molar-refractivity contribution in [2.45, 2.75) is 41.5 Å². The number of nitriles is 1. The molecule has 6 heteroatoms. The van der Waals surface area contributed by atoms with Gasteiger partial charge in [0.15, 0.2) is 5.78 Å². The van der Waals surface area contributed by atoms with Crippen molar-refractivity contribution in [1.29, 1.82) is 5.26 Å². The second-order valence-corrected chi connectivity index (χ2v) is 6.73. The summed E-state index contributed by atoms with van der Waals surface area (Å²) in [5.41, 5.74) is 5.96. The lowest BCUT2D eigenvalue weighted by atomic mass is 10.1. The van der Waals surface area contributed by atoms with Crippen LogP contribution in [0, 0.1) is 32.1 Å². The number of carbonyl (C=O) groups excluding carboxylic acids is 1. The van der Waals surface area contributed by atoms with Crippen LogP contribution in [0.25, 0.3) is 0 Å². The van der Waals surface area contributed by atoms with Gasteiger partial charge >= 0.3 is 0 Å². The Morgan fingerprint density at radius 3 is 2.07 bits per heavy atom. The number of Topliss-reactive ketones (excluding diaryl/α,β-unsaturated/α-hetero) is 1. The molecule has 0 aliphatic rings. The lowest BCUT2D eigenvalue weighted by Crippen LogP contribution is -2.07. The number of carbonyl (C=O) groups is 1. The van der Waals surface area contributed by atoms with Gasteiger partial charge in [0, 0.05) is 24.4 Å². The Labute approximate surface area is 178 Å². The minimum absolute atomic E-state index is 0.148. The van der Waals surface area contributed by atoms with Crippen molar-refractivity contribution in [3.05, 3.63) is 70.4 Å². The van der Waals surface area contributed by atoms with Crippen molar-refractivity contribution in [1.82, 2.24) is 9.97 Å². The van der Waals surface area contributed by atoms with Crippen LogP contribution in [0.5, 0.6) is 0 Å². The molecule has 3 aromatic rings. The Balaban J connectivity index is 0.00000155. The van der Waals surface area contributed by atoms with Crippen molar-refractivity contribution in [3.63, 3.8) is 0 Å². The maximum absolute atomic E-state index is 11.9. The van der Waals surface area contributed by atoms with Crippen LogP contribution in [-0.2, 0) is 0 Å². The van der Waals surface area contributed by atoms with Gasteiger partial charge in [-0.1, -0.05) is 31.5 Å². The molecular weight excluding hydrogens is 374 g/mol. The number of aromatic nitrogens is 2. The van der Waals surface area contributed by atoms with Gasteiger partial charge in [-0.05, 0) is 56.2 Å². The molecule has 2 aromatic carbocycles. The first-order valence-electron chi connectivity index (χ1n) is 9.88. The third-order valence-corrected chi connectivity index (χ3v) is 4.29. The molecule has 154 valence electrons. The van der Waals surface area contributed by atoms with E-state index in [2.05, 4.69) is 45.7 Å². The van der Waals surface area contributed by atoms with Gasteiger partial charge < -0.3 is 10.6 Å². The summed E-state index contributed by atoms with van der Waals surface area (Å²) in [4.78, 5) is 20.7. The van der Waals surface area contributed by atoms with Crippen molar-refractivity contribution in [2.24, 2.45) is 0 Å². The van der Waals surface area contributed by atoms with Gasteiger partial charge in [0.1, 0.15) is 11.5 Å². The molecule has 0 fully saturated rings. The van der Waals surface area contributed by atoms with E-state index in [9.17, 15) is 4.79 Å². The van der Waals surface area contributed by atoms with Crippen LogP contribution >= 0.6 is 0 Å². The van der Waals surface area contributed by atoms with Gasteiger partial charge in [0.2, 0.25) is 5.95 Å². The molecular formula is C24H27N5O. The highest BCUT2D eigenvalue weighted by molar-refractivity contribution is 5.93. The third kappa shape index (κ3) is 5.65. The minimum Gasteiger partial charge on any atom is -0.340 e. The number of benzene rings is 2. The molecule has 0 atom stereocenters. The average molecular weight is 402 g/mol. The topological polar surface area (TPSA) is 90.7 Å². The second-order valence-electron chi connectivity index (χ2n) is 6.73. The smallest absolute Gasteiger partial charge is 0.229 e. The number of nitrogens with zero attached hydrogens (tertiary/aromatic N) is 3. The van der Waals surface area contributed by atoms with E-state index in [0.717, 1.165) is 22.5 Å². The summed E-state index contributed by atoms with van der Waals surface area (Å²) in [5.74, 6) is 0.694. The number of anilines is 4. The molecule has 0 spiro atoms. The first-order valence-corrected chi connectivity index (χ1v) is 9.88. The average Bonchev–Trinajstić information content (AvgIpc) is 2.72. The highest BCUT2D eigenvalue weighted by atomic mass is 16.1. The van der Waals surface area contributed by atoms with E-state index in [1.54, 1.807) is 30.3 Å². The van der Waals surface area contributed by atoms with Gasteiger partial charge in [0.05, 0.1) is 11.6 Å². The lowest BCUT2D eigenvalue weighted by molar-refractivity contribution is 0.101. The molecule has 3 rings (SSSR count). The second kappa shape index (κ2) is 10.2. The number of nitrogens with one attached hydrogen (secondary N) is 2. The van der Waals surface area contributed by atoms with Crippen LogP contribution in [0.2, 0.25) is 0 Å². The summed E-state index contributed by atoms with van der Waals surface area (Å²) in [6.07, 6.45) is 0. The third-order valence-electron chi connectivity index (χ3n) is 4.29. The zero-order valence-corrected chi connectivity index (χ0v) is 18.3. The van der Waals surface area contributed by atoms with E-state index in [0.29, 0.717) is 23.0 Å². The molecule has 0 aliphatic heterocycles. The van der Waals surface area contributed by atoms with Crippen molar-refractivity contribution >= 4 is 28.9 Å². The summed E-state index contributed by atoms with van der Waals surface area (Å²) in [6, 6.07) is 14.9. The molecule has 0 radical (unpaired) electrons. The standard InChI is InChI=1S/C22H21N5O.C2H6/c1-13-9-14(2)21(15(3)10-13)26-20-11-19(16(4)28)25-22(27-20)24-18-7-5-17(12-23)6-8-18;1-2/h5-11H,1-4H3,(H2,24,25,26,27);1-2H3. The zero-order chi connectivity index (χ0) is 22.3. The number of hydrogen-bond acceptors (Lipinski definition) is 6. The largest absolute Gasteiger partial charge is 0.340 e. The summed E-state index contributed by atoms with van der Waals surface area (Å²) in [5, 5.41) is 15.3. The summed E-state index contributed by atoms with van der Waals surface area (Å²) in [6.45, 7) is 11.6. The fourth-order valence-electron chi connectivity index (χ4n) is 3.01. The molecule has 0 unspecified atom stereocenters. The van der Waals surface area contributed by atoms with E-state index >= 15 is 0 Å². The fourth-order valence-corrected chi connectivity index (χ4v) is 3.01. The Hall–Kier alpha value is -3.72. The van der Waals surface area contributed by atoms with Gasteiger partial charge in [0.25, 0.3) is 0 Å². The molecule has 0 aliphatic carbocycles. The molecule has 0 saturated carbocycles. The van der Waals surface area contributed by atoms with Crippen LogP contribution < -0.4 is 10.6 Å². The maximum atomic E-state index is 11.9.